The molecule has 0 bridgehead atoms. The zero-order valence-corrected chi connectivity index (χ0v) is 14.4. The van der Waals surface area contributed by atoms with E-state index in [1.165, 1.54) is 18.2 Å². The fraction of sp³-hybridized carbons (Fsp3) is 0.588. The van der Waals surface area contributed by atoms with Crippen LogP contribution in [0.1, 0.15) is 50.4 Å². The fourth-order valence-corrected chi connectivity index (χ4v) is 3.43. The van der Waals surface area contributed by atoms with E-state index in [2.05, 4.69) is 20.8 Å². The molecular formula is C17H22ClNO4. The molecule has 1 aromatic rings. The van der Waals surface area contributed by atoms with E-state index in [0.717, 1.165) is 19.3 Å². The van der Waals surface area contributed by atoms with Crippen molar-refractivity contribution in [2.24, 2.45) is 17.8 Å². The molecule has 5 nitrogen and oxygen atoms in total. The predicted octanol–water partition coefficient (Wildman–Crippen LogP) is 4.87. The van der Waals surface area contributed by atoms with Crippen LogP contribution in [0.3, 0.4) is 0 Å². The maximum Gasteiger partial charge on any atom is 0.340 e. The number of non-ortho nitro benzene ring substituents is 1. The SMILES string of the molecule is CC1CCC(C(C)C)C(OC(=O)c2cc([N+](=O)[O-])ccc2Cl)C1. The van der Waals surface area contributed by atoms with Crippen molar-refractivity contribution in [1.29, 1.82) is 0 Å². The Morgan fingerprint density at radius 3 is 2.70 bits per heavy atom. The zero-order valence-electron chi connectivity index (χ0n) is 13.6. The van der Waals surface area contributed by atoms with Crippen LogP contribution in [0.4, 0.5) is 5.69 Å². The summed E-state index contributed by atoms with van der Waals surface area (Å²) in [6, 6.07) is 3.82. The number of hydrogen-bond acceptors (Lipinski definition) is 4. The van der Waals surface area contributed by atoms with Crippen molar-refractivity contribution >= 4 is 23.3 Å². The summed E-state index contributed by atoms with van der Waals surface area (Å²) in [6.45, 7) is 6.40. The molecule has 0 spiro atoms. The number of esters is 1. The molecule has 0 heterocycles. The van der Waals surface area contributed by atoms with Crippen molar-refractivity contribution in [3.63, 3.8) is 0 Å². The Balaban J connectivity index is 2.20. The molecule has 2 rings (SSSR count). The van der Waals surface area contributed by atoms with Gasteiger partial charge in [-0.3, -0.25) is 10.1 Å². The van der Waals surface area contributed by atoms with Crippen LogP contribution < -0.4 is 0 Å². The van der Waals surface area contributed by atoms with E-state index in [1.54, 1.807) is 0 Å². The summed E-state index contributed by atoms with van der Waals surface area (Å²) in [4.78, 5) is 22.8. The Morgan fingerprint density at radius 1 is 1.39 bits per heavy atom. The average molecular weight is 340 g/mol. The summed E-state index contributed by atoms with van der Waals surface area (Å²) in [5.41, 5.74) is -0.111. The topological polar surface area (TPSA) is 69.4 Å². The van der Waals surface area contributed by atoms with E-state index in [0.29, 0.717) is 17.8 Å². The van der Waals surface area contributed by atoms with Crippen LogP contribution in [0.2, 0.25) is 5.02 Å². The number of nitro groups is 1. The molecule has 0 radical (unpaired) electrons. The highest BCUT2D eigenvalue weighted by atomic mass is 35.5. The lowest BCUT2D eigenvalue weighted by Crippen LogP contribution is -2.35. The van der Waals surface area contributed by atoms with Gasteiger partial charge in [-0.1, -0.05) is 38.8 Å². The Hall–Kier alpha value is -1.62. The van der Waals surface area contributed by atoms with E-state index in [9.17, 15) is 14.9 Å². The minimum atomic E-state index is -0.580. The average Bonchev–Trinajstić information content (AvgIpc) is 2.46. The highest BCUT2D eigenvalue weighted by molar-refractivity contribution is 6.33. The predicted molar refractivity (Wildman–Crippen MR) is 88.7 cm³/mol. The molecule has 1 saturated carbocycles. The van der Waals surface area contributed by atoms with Gasteiger partial charge in [0.1, 0.15) is 6.10 Å². The summed E-state index contributed by atoms with van der Waals surface area (Å²) in [6.07, 6.45) is 2.82. The Morgan fingerprint density at radius 2 is 2.09 bits per heavy atom. The normalized spacial score (nSPS) is 24.5. The molecule has 0 saturated heterocycles. The molecular weight excluding hydrogens is 318 g/mol. The number of carbonyl (C=O) groups excluding carboxylic acids is 1. The first-order valence-electron chi connectivity index (χ1n) is 7.94. The molecule has 6 heteroatoms. The first-order chi connectivity index (χ1) is 10.8. The van der Waals surface area contributed by atoms with E-state index in [1.807, 2.05) is 0 Å². The minimum Gasteiger partial charge on any atom is -0.458 e. The van der Waals surface area contributed by atoms with Gasteiger partial charge in [-0.05, 0) is 36.7 Å². The minimum absolute atomic E-state index is 0.0570. The van der Waals surface area contributed by atoms with Crippen LogP contribution in [-0.4, -0.2) is 17.0 Å². The van der Waals surface area contributed by atoms with Gasteiger partial charge < -0.3 is 4.74 Å². The van der Waals surface area contributed by atoms with Gasteiger partial charge >= 0.3 is 5.97 Å². The van der Waals surface area contributed by atoms with E-state index >= 15 is 0 Å². The zero-order chi connectivity index (χ0) is 17.1. The molecule has 126 valence electrons. The molecule has 0 amide bonds. The lowest BCUT2D eigenvalue weighted by Gasteiger charge is -2.36. The first-order valence-corrected chi connectivity index (χ1v) is 8.32. The van der Waals surface area contributed by atoms with Crippen molar-refractivity contribution in [3.8, 4) is 0 Å². The van der Waals surface area contributed by atoms with Crippen molar-refractivity contribution in [2.45, 2.75) is 46.1 Å². The second-order valence-corrected chi connectivity index (χ2v) is 7.10. The smallest absolute Gasteiger partial charge is 0.340 e. The summed E-state index contributed by atoms with van der Waals surface area (Å²) in [5, 5.41) is 11.0. The molecule has 1 aromatic carbocycles. The molecule has 1 fully saturated rings. The monoisotopic (exact) mass is 339 g/mol. The van der Waals surface area contributed by atoms with Crippen LogP contribution in [-0.2, 0) is 4.74 Å². The van der Waals surface area contributed by atoms with Gasteiger partial charge in [-0.15, -0.1) is 0 Å². The number of hydrogen-bond donors (Lipinski definition) is 0. The van der Waals surface area contributed by atoms with Gasteiger partial charge in [0.05, 0.1) is 15.5 Å². The number of benzene rings is 1. The second kappa shape index (κ2) is 7.30. The third-order valence-electron chi connectivity index (χ3n) is 4.60. The highest BCUT2D eigenvalue weighted by Gasteiger charge is 2.34. The third-order valence-corrected chi connectivity index (χ3v) is 4.93. The summed E-state index contributed by atoms with van der Waals surface area (Å²) in [5.74, 6) is 0.653. The number of rotatable bonds is 4. The molecule has 1 aliphatic rings. The molecule has 23 heavy (non-hydrogen) atoms. The van der Waals surface area contributed by atoms with Gasteiger partial charge in [0.2, 0.25) is 0 Å². The quantitative estimate of drug-likeness (QED) is 0.446. The maximum absolute atomic E-state index is 12.5. The van der Waals surface area contributed by atoms with Gasteiger partial charge in [0.25, 0.3) is 5.69 Å². The second-order valence-electron chi connectivity index (χ2n) is 6.69. The third kappa shape index (κ3) is 4.22. The van der Waals surface area contributed by atoms with Crippen molar-refractivity contribution in [2.75, 3.05) is 0 Å². The number of carbonyl (C=O) groups is 1. The molecule has 0 aromatic heterocycles. The van der Waals surface area contributed by atoms with Crippen molar-refractivity contribution in [1.82, 2.24) is 0 Å². The first kappa shape index (κ1) is 17.7. The van der Waals surface area contributed by atoms with Crippen LogP contribution in [0.25, 0.3) is 0 Å². The fourth-order valence-electron chi connectivity index (χ4n) is 3.23. The molecule has 0 N–H and O–H groups in total. The van der Waals surface area contributed by atoms with Crippen molar-refractivity contribution in [3.05, 3.63) is 38.9 Å². The molecule has 1 aliphatic carbocycles. The van der Waals surface area contributed by atoms with Gasteiger partial charge in [-0.2, -0.15) is 0 Å². The van der Waals surface area contributed by atoms with Gasteiger partial charge in [0, 0.05) is 12.1 Å². The van der Waals surface area contributed by atoms with Crippen LogP contribution in [0.15, 0.2) is 18.2 Å². The standard InChI is InChI=1S/C17H22ClNO4/c1-10(2)13-6-4-11(3)8-16(13)23-17(20)14-9-12(19(21)22)5-7-15(14)18/h5,7,9-11,13,16H,4,6,8H2,1-3H3. The number of nitro benzene ring substituents is 1. The Kier molecular flexibility index (Phi) is 5.63. The summed E-state index contributed by atoms with van der Waals surface area (Å²) < 4.78 is 5.69. The summed E-state index contributed by atoms with van der Waals surface area (Å²) in [7, 11) is 0. The Labute approximate surface area is 141 Å². The Bertz CT molecular complexity index is 602. The van der Waals surface area contributed by atoms with Crippen molar-refractivity contribution < 1.29 is 14.5 Å². The van der Waals surface area contributed by atoms with E-state index in [-0.39, 0.29) is 22.4 Å². The number of halogens is 1. The van der Waals surface area contributed by atoms with E-state index < -0.39 is 10.9 Å². The lowest BCUT2D eigenvalue weighted by atomic mass is 9.75. The summed E-state index contributed by atoms with van der Waals surface area (Å²) >= 11 is 6.02. The highest BCUT2D eigenvalue weighted by Crippen LogP contribution is 2.36. The van der Waals surface area contributed by atoms with E-state index in [4.69, 9.17) is 16.3 Å². The number of ether oxygens (including phenoxy) is 1. The molecule has 3 atom stereocenters. The van der Waals surface area contributed by atoms with Crippen LogP contribution in [0, 0.1) is 27.9 Å². The van der Waals surface area contributed by atoms with Gasteiger partial charge in [0.15, 0.2) is 0 Å². The molecule has 0 aliphatic heterocycles. The number of nitrogens with zero attached hydrogens (tertiary/aromatic N) is 1. The maximum atomic E-state index is 12.5. The van der Waals surface area contributed by atoms with Gasteiger partial charge in [-0.25, -0.2) is 4.79 Å². The largest absolute Gasteiger partial charge is 0.458 e. The van der Waals surface area contributed by atoms with Crippen LogP contribution in [0.5, 0.6) is 0 Å². The lowest BCUT2D eigenvalue weighted by molar-refractivity contribution is -0.384. The molecule has 3 unspecified atom stereocenters. The van der Waals surface area contributed by atoms with Crippen LogP contribution >= 0.6 is 11.6 Å².